The molecule has 1 aliphatic carbocycles. The number of H-pyrrole nitrogens is 1. The van der Waals surface area contributed by atoms with Gasteiger partial charge in [0.2, 0.25) is 11.0 Å². The van der Waals surface area contributed by atoms with Gasteiger partial charge in [-0.3, -0.25) is 9.89 Å². The standard InChI is InChI=1S/C16H15N7OS/c1-9(15(24)20-14-4-13(21-22-14)10-2-3-10)11-6-18-23(7-11)16-19-12(5-17)8-25-16/h4,6-10H,2-3H2,1H3,(H2,20,21,22,24). The summed E-state index contributed by atoms with van der Waals surface area (Å²) in [5, 5.41) is 25.3. The Morgan fingerprint density at radius 1 is 1.56 bits per heavy atom. The van der Waals surface area contributed by atoms with Crippen LogP contribution in [-0.4, -0.2) is 30.9 Å². The summed E-state index contributed by atoms with van der Waals surface area (Å²) in [5.74, 6) is 0.575. The molecule has 0 spiro atoms. The predicted molar refractivity (Wildman–Crippen MR) is 91.6 cm³/mol. The largest absolute Gasteiger partial charge is 0.309 e. The molecule has 8 nitrogen and oxygen atoms in total. The minimum Gasteiger partial charge on any atom is -0.309 e. The van der Waals surface area contributed by atoms with E-state index >= 15 is 0 Å². The summed E-state index contributed by atoms with van der Waals surface area (Å²) in [5.41, 5.74) is 2.20. The third-order valence-corrected chi connectivity index (χ3v) is 4.99. The van der Waals surface area contributed by atoms with Gasteiger partial charge in [-0.2, -0.15) is 15.5 Å². The van der Waals surface area contributed by atoms with Gasteiger partial charge < -0.3 is 5.32 Å². The molecule has 1 saturated carbocycles. The summed E-state index contributed by atoms with van der Waals surface area (Å²) in [4.78, 5) is 16.6. The van der Waals surface area contributed by atoms with E-state index in [9.17, 15) is 4.79 Å². The fraction of sp³-hybridized carbons (Fsp3) is 0.312. The summed E-state index contributed by atoms with van der Waals surface area (Å²) in [6.07, 6.45) is 5.74. The fourth-order valence-corrected chi connectivity index (χ4v) is 3.16. The number of aromatic nitrogens is 5. The third-order valence-electron chi connectivity index (χ3n) is 4.16. The summed E-state index contributed by atoms with van der Waals surface area (Å²) in [6.45, 7) is 1.81. The number of carbonyl (C=O) groups excluding carboxylic acids is 1. The van der Waals surface area contributed by atoms with Crippen LogP contribution in [0.15, 0.2) is 23.8 Å². The van der Waals surface area contributed by atoms with E-state index in [-0.39, 0.29) is 11.8 Å². The molecule has 2 N–H and O–H groups in total. The van der Waals surface area contributed by atoms with Crippen molar-refractivity contribution < 1.29 is 4.79 Å². The predicted octanol–water partition coefficient (Wildman–Crippen LogP) is 2.54. The van der Waals surface area contributed by atoms with E-state index < -0.39 is 0 Å². The number of nitriles is 1. The van der Waals surface area contributed by atoms with Crippen molar-refractivity contribution >= 4 is 23.1 Å². The van der Waals surface area contributed by atoms with Crippen LogP contribution >= 0.6 is 11.3 Å². The van der Waals surface area contributed by atoms with Gasteiger partial charge in [0.1, 0.15) is 6.07 Å². The molecule has 3 aromatic rings. The van der Waals surface area contributed by atoms with Crippen molar-refractivity contribution in [1.82, 2.24) is 25.0 Å². The number of aromatic amines is 1. The summed E-state index contributed by atoms with van der Waals surface area (Å²) >= 11 is 1.33. The van der Waals surface area contributed by atoms with Gasteiger partial charge in [-0.25, -0.2) is 9.67 Å². The number of rotatable bonds is 5. The van der Waals surface area contributed by atoms with Crippen molar-refractivity contribution in [3.05, 3.63) is 40.8 Å². The van der Waals surface area contributed by atoms with Crippen LogP contribution in [-0.2, 0) is 4.79 Å². The summed E-state index contributed by atoms with van der Waals surface area (Å²) < 4.78 is 1.57. The topological polar surface area (TPSA) is 112 Å². The highest BCUT2D eigenvalue weighted by molar-refractivity contribution is 7.12. The second kappa shape index (κ2) is 6.14. The van der Waals surface area contributed by atoms with E-state index in [1.54, 1.807) is 22.5 Å². The van der Waals surface area contributed by atoms with E-state index in [1.165, 1.54) is 24.2 Å². The normalized spacial score (nSPS) is 14.9. The summed E-state index contributed by atoms with van der Waals surface area (Å²) in [6, 6.07) is 3.88. The maximum Gasteiger partial charge on any atom is 0.232 e. The molecular formula is C16H15N7OS. The first kappa shape index (κ1) is 15.5. The Morgan fingerprint density at radius 2 is 2.40 bits per heavy atom. The highest BCUT2D eigenvalue weighted by Crippen LogP contribution is 2.39. The Hall–Kier alpha value is -2.99. The average Bonchev–Trinajstić information content (AvgIpc) is 3.06. The summed E-state index contributed by atoms with van der Waals surface area (Å²) in [7, 11) is 0. The Bertz CT molecular complexity index is 959. The molecule has 1 unspecified atom stereocenters. The molecular weight excluding hydrogens is 338 g/mol. The quantitative estimate of drug-likeness (QED) is 0.732. The van der Waals surface area contributed by atoms with Gasteiger partial charge in [0.05, 0.1) is 12.1 Å². The lowest BCUT2D eigenvalue weighted by atomic mass is 10.0. The number of thiazole rings is 1. The molecule has 9 heteroatoms. The Morgan fingerprint density at radius 3 is 3.12 bits per heavy atom. The van der Waals surface area contributed by atoms with Crippen molar-refractivity contribution in [3.63, 3.8) is 0 Å². The Labute approximate surface area is 147 Å². The first-order chi connectivity index (χ1) is 12.1. The number of nitrogens with one attached hydrogen (secondary N) is 2. The van der Waals surface area contributed by atoms with Gasteiger partial charge in [0, 0.05) is 34.8 Å². The Kier molecular flexibility index (Phi) is 3.82. The molecule has 0 saturated heterocycles. The zero-order valence-corrected chi connectivity index (χ0v) is 14.2. The number of hydrogen-bond acceptors (Lipinski definition) is 6. The van der Waals surface area contributed by atoms with E-state index in [2.05, 4.69) is 25.6 Å². The second-order valence-corrected chi connectivity index (χ2v) is 6.88. The zero-order valence-electron chi connectivity index (χ0n) is 13.4. The molecule has 1 atom stereocenters. The molecule has 0 aliphatic heterocycles. The van der Waals surface area contributed by atoms with Crippen LogP contribution in [0.3, 0.4) is 0 Å². The van der Waals surface area contributed by atoms with Gasteiger partial charge in [0.15, 0.2) is 11.5 Å². The maximum atomic E-state index is 12.4. The van der Waals surface area contributed by atoms with E-state index in [1.807, 2.05) is 19.1 Å². The molecule has 4 rings (SSSR count). The number of hydrogen-bond donors (Lipinski definition) is 2. The van der Waals surface area contributed by atoms with Crippen molar-refractivity contribution in [1.29, 1.82) is 5.26 Å². The van der Waals surface area contributed by atoms with Crippen LogP contribution in [0.5, 0.6) is 0 Å². The molecule has 1 aliphatic rings. The van der Waals surface area contributed by atoms with Crippen molar-refractivity contribution in [2.24, 2.45) is 0 Å². The lowest BCUT2D eigenvalue weighted by Gasteiger charge is -2.08. The fourth-order valence-electron chi connectivity index (χ4n) is 2.48. The second-order valence-electron chi connectivity index (χ2n) is 6.04. The van der Waals surface area contributed by atoms with Gasteiger partial charge in [-0.1, -0.05) is 0 Å². The molecule has 3 aromatic heterocycles. The van der Waals surface area contributed by atoms with E-state index in [4.69, 9.17) is 5.26 Å². The molecule has 3 heterocycles. The lowest BCUT2D eigenvalue weighted by molar-refractivity contribution is -0.117. The zero-order chi connectivity index (χ0) is 17.4. The molecule has 0 aromatic carbocycles. The molecule has 1 fully saturated rings. The van der Waals surface area contributed by atoms with Crippen LogP contribution in [0.1, 0.15) is 48.6 Å². The van der Waals surface area contributed by atoms with Crippen molar-refractivity contribution in [3.8, 4) is 11.2 Å². The third kappa shape index (κ3) is 3.16. The molecule has 0 radical (unpaired) electrons. The average molecular weight is 353 g/mol. The van der Waals surface area contributed by atoms with Gasteiger partial charge in [-0.05, 0) is 19.8 Å². The SMILES string of the molecule is CC(C(=O)Nc1cc(C2CC2)[nH]n1)c1cnn(-c2nc(C#N)cs2)c1. The first-order valence-electron chi connectivity index (χ1n) is 7.91. The lowest BCUT2D eigenvalue weighted by Crippen LogP contribution is -2.18. The van der Waals surface area contributed by atoms with E-state index in [0.29, 0.717) is 22.6 Å². The van der Waals surface area contributed by atoms with Crippen LogP contribution < -0.4 is 5.32 Å². The maximum absolute atomic E-state index is 12.4. The van der Waals surface area contributed by atoms with Gasteiger partial charge in [-0.15, -0.1) is 11.3 Å². The minimum absolute atomic E-state index is 0.148. The van der Waals surface area contributed by atoms with Crippen molar-refractivity contribution in [2.45, 2.75) is 31.6 Å². The number of anilines is 1. The van der Waals surface area contributed by atoms with Crippen LogP contribution in [0.25, 0.3) is 5.13 Å². The first-order valence-corrected chi connectivity index (χ1v) is 8.78. The number of amides is 1. The van der Waals surface area contributed by atoms with Crippen LogP contribution in [0, 0.1) is 11.3 Å². The monoisotopic (exact) mass is 353 g/mol. The van der Waals surface area contributed by atoms with Crippen LogP contribution in [0.2, 0.25) is 0 Å². The minimum atomic E-state index is -0.384. The molecule has 1 amide bonds. The molecule has 25 heavy (non-hydrogen) atoms. The van der Waals surface area contributed by atoms with Crippen LogP contribution in [0.4, 0.5) is 5.82 Å². The highest BCUT2D eigenvalue weighted by Gasteiger charge is 2.26. The highest BCUT2D eigenvalue weighted by atomic mass is 32.1. The smallest absolute Gasteiger partial charge is 0.232 e. The number of nitrogens with zero attached hydrogens (tertiary/aromatic N) is 5. The van der Waals surface area contributed by atoms with E-state index in [0.717, 1.165) is 11.3 Å². The van der Waals surface area contributed by atoms with Gasteiger partial charge in [0.25, 0.3) is 0 Å². The van der Waals surface area contributed by atoms with Gasteiger partial charge >= 0.3 is 0 Å². The van der Waals surface area contributed by atoms with Crippen molar-refractivity contribution in [2.75, 3.05) is 5.32 Å². The molecule has 126 valence electrons. The number of carbonyl (C=O) groups is 1. The molecule has 0 bridgehead atoms. The Balaban J connectivity index is 1.45.